The highest BCUT2D eigenvalue weighted by Gasteiger charge is 2.29. The number of benzene rings is 1. The standard InChI is InChI=1S/C15H16N2O3/c16-9-12-8-13(6-7-14(12)18)17-15(19)20-10-11-4-2-1-3-5-11/h1-5,12-13H,6-8,10H2,(H,17,19). The van der Waals surface area contributed by atoms with Crippen molar-refractivity contribution in [2.24, 2.45) is 5.92 Å². The van der Waals surface area contributed by atoms with E-state index in [2.05, 4.69) is 5.32 Å². The van der Waals surface area contributed by atoms with Crippen molar-refractivity contribution in [1.29, 1.82) is 5.26 Å². The fourth-order valence-corrected chi connectivity index (χ4v) is 2.21. The number of nitriles is 1. The van der Waals surface area contributed by atoms with Gasteiger partial charge in [-0.1, -0.05) is 30.3 Å². The fraction of sp³-hybridized carbons (Fsp3) is 0.400. The summed E-state index contributed by atoms with van der Waals surface area (Å²) < 4.78 is 5.11. The summed E-state index contributed by atoms with van der Waals surface area (Å²) in [6.45, 7) is 0.208. The highest BCUT2D eigenvalue weighted by Crippen LogP contribution is 2.20. The molecule has 0 bridgehead atoms. The smallest absolute Gasteiger partial charge is 0.407 e. The zero-order chi connectivity index (χ0) is 14.4. The van der Waals surface area contributed by atoms with Crippen LogP contribution in [0, 0.1) is 17.2 Å². The van der Waals surface area contributed by atoms with Gasteiger partial charge < -0.3 is 10.1 Å². The highest BCUT2D eigenvalue weighted by atomic mass is 16.5. The molecule has 2 atom stereocenters. The van der Waals surface area contributed by atoms with Crippen LogP contribution in [-0.2, 0) is 16.1 Å². The molecule has 1 aromatic carbocycles. The minimum absolute atomic E-state index is 0.0387. The Morgan fingerprint density at radius 2 is 2.15 bits per heavy atom. The monoisotopic (exact) mass is 272 g/mol. The van der Waals surface area contributed by atoms with Crippen molar-refractivity contribution in [2.45, 2.75) is 31.9 Å². The van der Waals surface area contributed by atoms with Gasteiger partial charge in [-0.2, -0.15) is 5.26 Å². The second-order valence-corrected chi connectivity index (χ2v) is 4.83. The Labute approximate surface area is 117 Å². The Morgan fingerprint density at radius 3 is 2.85 bits per heavy atom. The molecule has 1 aromatic rings. The topological polar surface area (TPSA) is 79.2 Å². The molecule has 0 aromatic heterocycles. The largest absolute Gasteiger partial charge is 0.445 e. The summed E-state index contributed by atoms with van der Waals surface area (Å²) in [7, 11) is 0. The van der Waals surface area contributed by atoms with Crippen LogP contribution in [-0.4, -0.2) is 17.9 Å². The second kappa shape index (κ2) is 6.71. The summed E-state index contributed by atoms with van der Waals surface area (Å²) >= 11 is 0. The first-order valence-corrected chi connectivity index (χ1v) is 6.58. The lowest BCUT2D eigenvalue weighted by atomic mass is 9.85. The maximum atomic E-state index is 11.7. The molecule has 104 valence electrons. The van der Waals surface area contributed by atoms with Gasteiger partial charge in [0, 0.05) is 12.5 Å². The lowest BCUT2D eigenvalue weighted by Crippen LogP contribution is -2.41. The molecule has 20 heavy (non-hydrogen) atoms. The van der Waals surface area contributed by atoms with Crippen molar-refractivity contribution in [2.75, 3.05) is 0 Å². The van der Waals surface area contributed by atoms with Crippen LogP contribution in [0.25, 0.3) is 0 Å². The average Bonchev–Trinajstić information content (AvgIpc) is 2.48. The van der Waals surface area contributed by atoms with Crippen LogP contribution < -0.4 is 5.32 Å². The molecule has 1 aliphatic carbocycles. The third-order valence-corrected chi connectivity index (χ3v) is 3.34. The Balaban J connectivity index is 1.77. The number of amides is 1. The molecule has 1 amide bonds. The molecule has 1 saturated carbocycles. The lowest BCUT2D eigenvalue weighted by Gasteiger charge is -2.24. The van der Waals surface area contributed by atoms with Crippen LogP contribution in [0.3, 0.4) is 0 Å². The van der Waals surface area contributed by atoms with E-state index in [9.17, 15) is 9.59 Å². The second-order valence-electron chi connectivity index (χ2n) is 4.83. The summed E-state index contributed by atoms with van der Waals surface area (Å²) in [5.41, 5.74) is 0.913. The third-order valence-electron chi connectivity index (χ3n) is 3.34. The number of ketones is 1. The first-order chi connectivity index (χ1) is 9.69. The maximum absolute atomic E-state index is 11.7. The van der Waals surface area contributed by atoms with E-state index in [0.29, 0.717) is 19.3 Å². The summed E-state index contributed by atoms with van der Waals surface area (Å²) in [4.78, 5) is 23.1. The van der Waals surface area contributed by atoms with Crippen LogP contribution in [0.2, 0.25) is 0 Å². The summed E-state index contributed by atoms with van der Waals surface area (Å²) in [6, 6.07) is 11.2. The number of nitrogens with zero attached hydrogens (tertiary/aromatic N) is 1. The van der Waals surface area contributed by atoms with Crippen molar-refractivity contribution in [3.63, 3.8) is 0 Å². The van der Waals surface area contributed by atoms with Crippen LogP contribution in [0.4, 0.5) is 4.79 Å². The van der Waals surface area contributed by atoms with Crippen LogP contribution in [0.15, 0.2) is 30.3 Å². The first-order valence-electron chi connectivity index (χ1n) is 6.58. The number of carbonyl (C=O) groups excluding carboxylic acids is 2. The van der Waals surface area contributed by atoms with Gasteiger partial charge >= 0.3 is 6.09 Å². The molecule has 0 saturated heterocycles. The van der Waals surface area contributed by atoms with E-state index < -0.39 is 12.0 Å². The number of ether oxygens (including phenoxy) is 1. The minimum atomic E-state index is -0.608. The molecule has 0 radical (unpaired) electrons. The molecule has 2 rings (SSSR count). The van der Waals surface area contributed by atoms with Gasteiger partial charge in [-0.25, -0.2) is 4.79 Å². The molecule has 0 spiro atoms. The highest BCUT2D eigenvalue weighted by molar-refractivity contribution is 5.84. The van der Waals surface area contributed by atoms with Crippen molar-refractivity contribution in [1.82, 2.24) is 5.32 Å². The zero-order valence-corrected chi connectivity index (χ0v) is 11.0. The van der Waals surface area contributed by atoms with Gasteiger partial charge in [0.15, 0.2) is 0 Å². The van der Waals surface area contributed by atoms with Gasteiger partial charge in [-0.15, -0.1) is 0 Å². The molecular weight excluding hydrogens is 256 g/mol. The number of alkyl carbamates (subject to hydrolysis) is 1. The lowest BCUT2D eigenvalue weighted by molar-refractivity contribution is -0.123. The van der Waals surface area contributed by atoms with E-state index in [1.165, 1.54) is 0 Å². The molecule has 5 nitrogen and oxygen atoms in total. The number of rotatable bonds is 3. The van der Waals surface area contributed by atoms with E-state index in [1.807, 2.05) is 36.4 Å². The molecular formula is C15H16N2O3. The molecule has 0 aliphatic heterocycles. The summed E-state index contributed by atoms with van der Waals surface area (Å²) in [5.74, 6) is -0.647. The van der Waals surface area contributed by atoms with Gasteiger partial charge in [-0.05, 0) is 18.4 Å². The summed E-state index contributed by atoms with van der Waals surface area (Å²) in [6.07, 6.45) is 0.764. The predicted molar refractivity (Wildman–Crippen MR) is 71.5 cm³/mol. The number of carbonyl (C=O) groups is 2. The van der Waals surface area contributed by atoms with E-state index in [4.69, 9.17) is 10.00 Å². The third kappa shape index (κ3) is 3.82. The Morgan fingerprint density at radius 1 is 1.40 bits per heavy atom. The van der Waals surface area contributed by atoms with Crippen LogP contribution >= 0.6 is 0 Å². The van der Waals surface area contributed by atoms with Gasteiger partial charge in [0.1, 0.15) is 18.3 Å². The van der Waals surface area contributed by atoms with Gasteiger partial charge in [0.2, 0.25) is 0 Å². The Bertz CT molecular complexity index is 522. The number of hydrogen-bond acceptors (Lipinski definition) is 4. The normalized spacial score (nSPS) is 21.9. The minimum Gasteiger partial charge on any atom is -0.445 e. The van der Waals surface area contributed by atoms with E-state index in [0.717, 1.165) is 5.56 Å². The van der Waals surface area contributed by atoms with Crippen molar-refractivity contribution in [3.05, 3.63) is 35.9 Å². The maximum Gasteiger partial charge on any atom is 0.407 e. The first kappa shape index (κ1) is 14.1. The molecule has 1 N–H and O–H groups in total. The molecule has 0 heterocycles. The van der Waals surface area contributed by atoms with Crippen LogP contribution in [0.5, 0.6) is 0 Å². The van der Waals surface area contributed by atoms with Crippen LogP contribution in [0.1, 0.15) is 24.8 Å². The predicted octanol–water partition coefficient (Wildman–Crippen LogP) is 2.17. The van der Waals surface area contributed by atoms with Gasteiger partial charge in [-0.3, -0.25) is 4.79 Å². The van der Waals surface area contributed by atoms with Gasteiger partial charge in [0.05, 0.1) is 6.07 Å². The zero-order valence-electron chi connectivity index (χ0n) is 11.0. The van der Waals surface area contributed by atoms with Crippen molar-refractivity contribution in [3.8, 4) is 6.07 Å². The Hall–Kier alpha value is -2.35. The van der Waals surface area contributed by atoms with Gasteiger partial charge in [0.25, 0.3) is 0 Å². The number of Topliss-reactive ketones (excluding diaryl/α,β-unsaturated/α-hetero) is 1. The molecule has 2 unspecified atom stereocenters. The number of nitrogens with one attached hydrogen (secondary N) is 1. The fourth-order valence-electron chi connectivity index (χ4n) is 2.21. The Kier molecular flexibility index (Phi) is 4.72. The molecule has 1 aliphatic rings. The van der Waals surface area contributed by atoms with Crippen molar-refractivity contribution < 1.29 is 14.3 Å². The molecule has 1 fully saturated rings. The quantitative estimate of drug-likeness (QED) is 0.914. The molecule has 5 heteroatoms. The summed E-state index contributed by atoms with van der Waals surface area (Å²) in [5, 5.41) is 11.6. The van der Waals surface area contributed by atoms with E-state index >= 15 is 0 Å². The average molecular weight is 272 g/mol. The van der Waals surface area contributed by atoms with E-state index in [1.54, 1.807) is 0 Å². The van der Waals surface area contributed by atoms with Crippen molar-refractivity contribution >= 4 is 11.9 Å². The SMILES string of the molecule is N#CC1CC(NC(=O)OCc2ccccc2)CCC1=O. The van der Waals surface area contributed by atoms with E-state index in [-0.39, 0.29) is 18.4 Å². The number of hydrogen-bond donors (Lipinski definition) is 1.